The fourth-order valence-electron chi connectivity index (χ4n) is 1.03. The van der Waals surface area contributed by atoms with Crippen LogP contribution in [0.15, 0.2) is 31.4 Å². The topological polar surface area (TPSA) is 61.2 Å². The third-order valence-electron chi connectivity index (χ3n) is 1.73. The van der Waals surface area contributed by atoms with E-state index < -0.39 is 10.1 Å². The second kappa shape index (κ2) is 5.55. The minimum absolute atomic E-state index is 0.0129. The summed E-state index contributed by atoms with van der Waals surface area (Å²) in [6, 6.07) is 0. The van der Waals surface area contributed by atoms with Crippen LogP contribution >= 0.6 is 0 Å². The van der Waals surface area contributed by atoms with Crippen LogP contribution in [0.25, 0.3) is 0 Å². The first-order chi connectivity index (χ1) is 7.14. The standard InChI is InChI=1S/C9H14N2O3S/c1-2-3-4-5-8-15(12,13)14-11-7-6-10-9-11/h2,6-7,9H,1,3-5,8H2. The molecule has 0 atom stereocenters. The number of hydrogen-bond acceptors (Lipinski definition) is 4. The van der Waals surface area contributed by atoms with Crippen LogP contribution in [0.5, 0.6) is 0 Å². The average molecular weight is 230 g/mol. The fourth-order valence-corrected chi connectivity index (χ4v) is 2.01. The van der Waals surface area contributed by atoms with Crippen LogP contribution in [-0.4, -0.2) is 23.9 Å². The zero-order valence-corrected chi connectivity index (χ0v) is 9.19. The zero-order chi connectivity index (χ0) is 11.1. The van der Waals surface area contributed by atoms with Gasteiger partial charge in [-0.05, 0) is 19.3 Å². The smallest absolute Gasteiger partial charge is 0.286 e. The Bertz CT molecular complexity index is 383. The summed E-state index contributed by atoms with van der Waals surface area (Å²) < 4.78 is 28.5. The molecule has 84 valence electrons. The van der Waals surface area contributed by atoms with Gasteiger partial charge in [0.25, 0.3) is 0 Å². The Hall–Kier alpha value is -1.30. The molecular formula is C9H14N2O3S. The van der Waals surface area contributed by atoms with Crippen LogP contribution in [0, 0.1) is 0 Å². The summed E-state index contributed by atoms with van der Waals surface area (Å²) in [5, 5.41) is 0. The van der Waals surface area contributed by atoms with Crippen molar-refractivity contribution in [3.63, 3.8) is 0 Å². The molecule has 1 heterocycles. The molecule has 0 aromatic carbocycles. The van der Waals surface area contributed by atoms with Crippen molar-refractivity contribution in [2.45, 2.75) is 19.3 Å². The maximum Gasteiger partial charge on any atom is 0.327 e. The Balaban J connectivity index is 2.36. The number of nitrogens with zero attached hydrogens (tertiary/aromatic N) is 2. The lowest BCUT2D eigenvalue weighted by molar-refractivity contribution is 0.278. The number of aromatic nitrogens is 2. The van der Waals surface area contributed by atoms with Gasteiger partial charge in [0.1, 0.15) is 6.33 Å². The highest BCUT2D eigenvalue weighted by atomic mass is 32.2. The van der Waals surface area contributed by atoms with Gasteiger partial charge in [-0.1, -0.05) is 6.08 Å². The maximum absolute atomic E-state index is 11.4. The highest BCUT2D eigenvalue weighted by Crippen LogP contribution is 2.00. The van der Waals surface area contributed by atoms with Crippen molar-refractivity contribution < 1.29 is 12.7 Å². The lowest BCUT2D eigenvalue weighted by Crippen LogP contribution is -2.21. The summed E-state index contributed by atoms with van der Waals surface area (Å²) in [5.74, 6) is 0.0129. The van der Waals surface area contributed by atoms with E-state index in [0.29, 0.717) is 6.42 Å². The highest BCUT2D eigenvalue weighted by Gasteiger charge is 2.11. The average Bonchev–Trinajstić information content (AvgIpc) is 2.64. The molecule has 0 saturated heterocycles. The van der Waals surface area contributed by atoms with Crippen molar-refractivity contribution >= 4 is 10.1 Å². The van der Waals surface area contributed by atoms with E-state index in [0.717, 1.165) is 17.6 Å². The number of hydrogen-bond donors (Lipinski definition) is 0. The van der Waals surface area contributed by atoms with Crippen molar-refractivity contribution in [2.24, 2.45) is 0 Å². The molecule has 0 fully saturated rings. The van der Waals surface area contributed by atoms with Crippen LogP contribution in [0.3, 0.4) is 0 Å². The molecule has 1 aromatic rings. The zero-order valence-electron chi connectivity index (χ0n) is 8.37. The van der Waals surface area contributed by atoms with Gasteiger partial charge in [-0.3, -0.25) is 4.28 Å². The van der Waals surface area contributed by atoms with E-state index in [1.165, 1.54) is 18.7 Å². The number of rotatable bonds is 7. The lowest BCUT2D eigenvalue weighted by atomic mass is 10.2. The molecule has 1 aromatic heterocycles. The van der Waals surface area contributed by atoms with Crippen LogP contribution < -0.4 is 4.28 Å². The molecule has 0 aliphatic carbocycles. The third-order valence-corrected chi connectivity index (χ3v) is 2.92. The molecule has 1 rings (SSSR count). The van der Waals surface area contributed by atoms with E-state index >= 15 is 0 Å². The summed E-state index contributed by atoms with van der Waals surface area (Å²) in [7, 11) is -3.50. The van der Waals surface area contributed by atoms with E-state index in [-0.39, 0.29) is 5.75 Å². The molecule has 0 radical (unpaired) electrons. The lowest BCUT2D eigenvalue weighted by Gasteiger charge is -2.05. The quantitative estimate of drug-likeness (QED) is 0.518. The van der Waals surface area contributed by atoms with Gasteiger partial charge in [-0.15, -0.1) is 6.58 Å². The largest absolute Gasteiger partial charge is 0.327 e. The maximum atomic E-state index is 11.4. The van der Waals surface area contributed by atoms with Crippen molar-refractivity contribution in [3.05, 3.63) is 31.4 Å². The van der Waals surface area contributed by atoms with E-state index in [1.54, 1.807) is 6.08 Å². The summed E-state index contributed by atoms with van der Waals surface area (Å²) in [4.78, 5) is 3.68. The molecule has 0 unspecified atom stereocenters. The predicted molar refractivity (Wildman–Crippen MR) is 56.6 cm³/mol. The molecule has 0 amide bonds. The van der Waals surface area contributed by atoms with Gasteiger partial charge in [0.15, 0.2) is 0 Å². The molecule has 15 heavy (non-hydrogen) atoms. The Kier molecular flexibility index (Phi) is 4.36. The molecule has 0 spiro atoms. The number of unbranched alkanes of at least 4 members (excludes halogenated alkanes) is 2. The number of allylic oxidation sites excluding steroid dienone is 1. The van der Waals surface area contributed by atoms with Gasteiger partial charge in [0, 0.05) is 6.20 Å². The van der Waals surface area contributed by atoms with Crippen LogP contribution in [0.4, 0.5) is 0 Å². The first kappa shape index (κ1) is 11.8. The first-order valence-corrected chi connectivity index (χ1v) is 6.23. The van der Waals surface area contributed by atoms with Crippen LogP contribution in [0.2, 0.25) is 0 Å². The molecule has 0 aliphatic rings. The van der Waals surface area contributed by atoms with Crippen molar-refractivity contribution in [3.8, 4) is 0 Å². The second-order valence-corrected chi connectivity index (χ2v) is 4.72. The third kappa shape index (κ3) is 4.64. The van der Waals surface area contributed by atoms with Crippen molar-refractivity contribution in [1.29, 1.82) is 0 Å². The van der Waals surface area contributed by atoms with Gasteiger partial charge >= 0.3 is 10.1 Å². The first-order valence-electron chi connectivity index (χ1n) is 4.65. The fraction of sp³-hybridized carbons (Fsp3) is 0.444. The van der Waals surface area contributed by atoms with E-state index in [9.17, 15) is 8.42 Å². The van der Waals surface area contributed by atoms with Crippen molar-refractivity contribution in [1.82, 2.24) is 9.71 Å². The summed E-state index contributed by atoms with van der Waals surface area (Å²) in [6.45, 7) is 3.56. The Morgan fingerprint density at radius 1 is 1.47 bits per heavy atom. The van der Waals surface area contributed by atoms with Gasteiger partial charge in [-0.2, -0.15) is 13.1 Å². The summed E-state index contributed by atoms with van der Waals surface area (Å²) in [6.07, 6.45) is 8.14. The molecule has 0 aliphatic heterocycles. The second-order valence-electron chi connectivity index (χ2n) is 3.04. The highest BCUT2D eigenvalue weighted by molar-refractivity contribution is 7.86. The molecular weight excluding hydrogens is 216 g/mol. The van der Waals surface area contributed by atoms with Crippen LogP contribution in [0.1, 0.15) is 19.3 Å². The number of imidazole rings is 1. The van der Waals surface area contributed by atoms with Crippen molar-refractivity contribution in [2.75, 3.05) is 5.75 Å². The minimum Gasteiger partial charge on any atom is -0.286 e. The molecule has 0 bridgehead atoms. The van der Waals surface area contributed by atoms with Gasteiger partial charge < -0.3 is 0 Å². The normalized spacial score (nSPS) is 11.2. The Morgan fingerprint density at radius 2 is 2.27 bits per heavy atom. The van der Waals surface area contributed by atoms with Crippen LogP contribution in [-0.2, 0) is 10.1 Å². The molecule has 6 heteroatoms. The van der Waals surface area contributed by atoms with Gasteiger partial charge in [-0.25, -0.2) is 4.98 Å². The minimum atomic E-state index is -3.50. The SMILES string of the molecule is C=CCCCCS(=O)(=O)On1ccnc1. The molecule has 0 N–H and O–H groups in total. The van der Waals surface area contributed by atoms with Gasteiger partial charge in [0.05, 0.1) is 11.9 Å². The Labute approximate surface area is 89.5 Å². The monoisotopic (exact) mass is 230 g/mol. The van der Waals surface area contributed by atoms with E-state index in [4.69, 9.17) is 4.28 Å². The summed E-state index contributed by atoms with van der Waals surface area (Å²) in [5.41, 5.74) is 0. The predicted octanol–water partition coefficient (Wildman–Crippen LogP) is 0.998. The Morgan fingerprint density at radius 3 is 2.87 bits per heavy atom. The summed E-state index contributed by atoms with van der Waals surface area (Å²) >= 11 is 0. The van der Waals surface area contributed by atoms with E-state index in [2.05, 4.69) is 11.6 Å². The van der Waals surface area contributed by atoms with Gasteiger partial charge in [0.2, 0.25) is 0 Å². The molecule has 0 saturated carbocycles. The van der Waals surface area contributed by atoms with E-state index in [1.807, 2.05) is 0 Å². The molecule has 5 nitrogen and oxygen atoms in total.